The van der Waals surface area contributed by atoms with Gasteiger partial charge in [-0.15, -0.1) is 0 Å². The van der Waals surface area contributed by atoms with E-state index in [2.05, 4.69) is 11.8 Å². The molecule has 21 heavy (non-hydrogen) atoms. The second-order valence-electron chi connectivity index (χ2n) is 5.78. The van der Waals surface area contributed by atoms with Crippen LogP contribution in [-0.2, 0) is 10.0 Å². The summed E-state index contributed by atoms with van der Waals surface area (Å²) in [5.74, 6) is 0.690. The maximum atomic E-state index is 12.9. The Bertz CT molecular complexity index is 605. The molecule has 1 heterocycles. The van der Waals surface area contributed by atoms with Gasteiger partial charge >= 0.3 is 0 Å². The third-order valence-electron chi connectivity index (χ3n) is 4.19. The molecule has 1 atom stereocenters. The summed E-state index contributed by atoms with van der Waals surface area (Å²) in [6.07, 6.45) is 0. The Labute approximate surface area is 127 Å². The average Bonchev–Trinajstić information content (AvgIpc) is 2.40. The Morgan fingerprint density at radius 3 is 2.24 bits per heavy atom. The van der Waals surface area contributed by atoms with Gasteiger partial charge in [0.2, 0.25) is 10.0 Å². The van der Waals surface area contributed by atoms with Crippen molar-refractivity contribution >= 4 is 10.0 Å². The van der Waals surface area contributed by atoms with Crippen LogP contribution in [0.4, 0.5) is 0 Å². The van der Waals surface area contributed by atoms with Crippen molar-refractivity contribution < 1.29 is 13.2 Å². The molecule has 0 saturated carbocycles. The van der Waals surface area contributed by atoms with Crippen molar-refractivity contribution in [2.75, 3.05) is 33.8 Å². The molecule has 0 amide bonds. The molecule has 0 aromatic heterocycles. The van der Waals surface area contributed by atoms with Crippen molar-refractivity contribution in [3.8, 4) is 5.75 Å². The monoisotopic (exact) mass is 312 g/mol. The van der Waals surface area contributed by atoms with E-state index in [1.807, 2.05) is 20.9 Å². The molecule has 118 valence electrons. The van der Waals surface area contributed by atoms with Crippen molar-refractivity contribution in [2.45, 2.75) is 31.7 Å². The molecule has 0 spiro atoms. The lowest BCUT2D eigenvalue weighted by Crippen LogP contribution is -2.52. The molecule has 0 radical (unpaired) electrons. The minimum absolute atomic E-state index is 0.229. The molecule has 5 nitrogen and oxygen atoms in total. The summed E-state index contributed by atoms with van der Waals surface area (Å²) in [4.78, 5) is 2.60. The first-order valence-electron chi connectivity index (χ1n) is 7.13. The molecule has 0 N–H and O–H groups in total. The molecule has 1 saturated heterocycles. The normalized spacial score (nSPS) is 21.5. The molecule has 1 aromatic carbocycles. The van der Waals surface area contributed by atoms with Gasteiger partial charge in [-0.2, -0.15) is 4.31 Å². The molecule has 1 aromatic rings. The summed E-state index contributed by atoms with van der Waals surface area (Å²) in [7, 11) is 0.161. The number of aryl methyl sites for hydroxylation is 2. The SMILES string of the molecule is COc1cc(C)c(S(=O)(=O)N2CCN(C)C(C)C2)c(C)c1. The van der Waals surface area contributed by atoms with Crippen LogP contribution in [0, 0.1) is 13.8 Å². The van der Waals surface area contributed by atoms with Gasteiger partial charge in [0.1, 0.15) is 5.75 Å². The van der Waals surface area contributed by atoms with Crippen LogP contribution >= 0.6 is 0 Å². The van der Waals surface area contributed by atoms with Gasteiger partial charge in [-0.3, -0.25) is 0 Å². The summed E-state index contributed by atoms with van der Waals surface area (Å²) in [6, 6.07) is 3.78. The van der Waals surface area contributed by atoms with Gasteiger partial charge in [-0.1, -0.05) is 0 Å². The Balaban J connectivity index is 2.41. The fraction of sp³-hybridized carbons (Fsp3) is 0.600. The second kappa shape index (κ2) is 5.94. The number of piperazine rings is 1. The standard InChI is InChI=1S/C15H24N2O3S/c1-11-8-14(20-5)9-12(2)15(11)21(18,19)17-7-6-16(4)13(3)10-17/h8-9,13H,6-7,10H2,1-5H3. The predicted octanol–water partition coefficient (Wildman–Crippen LogP) is 1.64. The molecular formula is C15H24N2O3S. The van der Waals surface area contributed by atoms with Crippen molar-refractivity contribution in [3.63, 3.8) is 0 Å². The van der Waals surface area contributed by atoms with Crippen LogP contribution in [0.5, 0.6) is 5.75 Å². The van der Waals surface area contributed by atoms with Crippen LogP contribution in [-0.4, -0.2) is 57.5 Å². The van der Waals surface area contributed by atoms with Crippen LogP contribution in [0.2, 0.25) is 0 Å². The molecule has 1 fully saturated rings. The number of methoxy groups -OCH3 is 1. The zero-order chi connectivity index (χ0) is 15.8. The highest BCUT2D eigenvalue weighted by Crippen LogP contribution is 2.29. The lowest BCUT2D eigenvalue weighted by Gasteiger charge is -2.37. The molecule has 2 rings (SSSR count). The number of ether oxygens (including phenoxy) is 1. The smallest absolute Gasteiger partial charge is 0.243 e. The number of sulfonamides is 1. The maximum absolute atomic E-state index is 12.9. The van der Waals surface area contributed by atoms with E-state index < -0.39 is 10.0 Å². The number of hydrogen-bond acceptors (Lipinski definition) is 4. The van der Waals surface area contributed by atoms with Crippen LogP contribution in [0.15, 0.2) is 17.0 Å². The third-order valence-corrected chi connectivity index (χ3v) is 6.36. The largest absolute Gasteiger partial charge is 0.497 e. The van der Waals surface area contributed by atoms with E-state index in [0.29, 0.717) is 23.7 Å². The second-order valence-corrected chi connectivity index (χ2v) is 7.66. The summed E-state index contributed by atoms with van der Waals surface area (Å²) in [5.41, 5.74) is 1.47. The molecule has 1 aliphatic rings. The number of hydrogen-bond donors (Lipinski definition) is 0. The van der Waals surface area contributed by atoms with Crippen LogP contribution in [0.3, 0.4) is 0 Å². The van der Waals surface area contributed by atoms with E-state index in [4.69, 9.17) is 4.74 Å². The highest BCUT2D eigenvalue weighted by molar-refractivity contribution is 7.89. The maximum Gasteiger partial charge on any atom is 0.243 e. The van der Waals surface area contributed by atoms with Crippen molar-refractivity contribution in [1.29, 1.82) is 0 Å². The summed E-state index contributed by atoms with van der Waals surface area (Å²) in [6.45, 7) is 7.52. The van der Waals surface area contributed by atoms with E-state index in [-0.39, 0.29) is 6.04 Å². The number of rotatable bonds is 3. The van der Waals surface area contributed by atoms with E-state index in [1.165, 1.54) is 0 Å². The zero-order valence-electron chi connectivity index (χ0n) is 13.4. The fourth-order valence-corrected chi connectivity index (χ4v) is 4.72. The van der Waals surface area contributed by atoms with Gasteiger partial charge in [0.05, 0.1) is 12.0 Å². The van der Waals surface area contributed by atoms with Gasteiger partial charge in [-0.25, -0.2) is 8.42 Å². The lowest BCUT2D eigenvalue weighted by molar-refractivity contribution is 0.159. The van der Waals surface area contributed by atoms with Gasteiger partial charge < -0.3 is 9.64 Å². The Morgan fingerprint density at radius 1 is 1.19 bits per heavy atom. The first-order chi connectivity index (χ1) is 9.77. The molecule has 6 heteroatoms. The average molecular weight is 312 g/mol. The van der Waals surface area contributed by atoms with Gasteiger partial charge in [0.25, 0.3) is 0 Å². The predicted molar refractivity (Wildman–Crippen MR) is 83.3 cm³/mol. The van der Waals surface area contributed by atoms with Crippen molar-refractivity contribution in [1.82, 2.24) is 9.21 Å². The Hall–Kier alpha value is -1.11. The first kappa shape index (κ1) is 16.3. The third kappa shape index (κ3) is 3.07. The van der Waals surface area contributed by atoms with Crippen molar-refractivity contribution in [3.05, 3.63) is 23.3 Å². The Kier molecular flexibility index (Phi) is 4.60. The first-order valence-corrected chi connectivity index (χ1v) is 8.57. The summed E-state index contributed by atoms with van der Waals surface area (Å²) in [5, 5.41) is 0. The number of nitrogens with zero attached hydrogens (tertiary/aromatic N) is 2. The minimum Gasteiger partial charge on any atom is -0.497 e. The van der Waals surface area contributed by atoms with Crippen LogP contribution < -0.4 is 4.74 Å². The van der Waals surface area contributed by atoms with Crippen LogP contribution in [0.1, 0.15) is 18.1 Å². The number of likely N-dealkylation sites (N-methyl/N-ethyl adjacent to an activating group) is 1. The van der Waals surface area contributed by atoms with E-state index in [0.717, 1.165) is 17.7 Å². The van der Waals surface area contributed by atoms with Crippen LogP contribution in [0.25, 0.3) is 0 Å². The van der Waals surface area contributed by atoms with E-state index in [9.17, 15) is 8.42 Å². The van der Waals surface area contributed by atoms with E-state index in [1.54, 1.807) is 23.5 Å². The number of benzene rings is 1. The van der Waals surface area contributed by atoms with Crippen molar-refractivity contribution in [2.24, 2.45) is 0 Å². The molecular weight excluding hydrogens is 288 g/mol. The molecule has 1 unspecified atom stereocenters. The topological polar surface area (TPSA) is 49.9 Å². The molecule has 0 aliphatic carbocycles. The quantitative estimate of drug-likeness (QED) is 0.851. The van der Waals surface area contributed by atoms with Gasteiger partial charge in [0, 0.05) is 25.7 Å². The van der Waals surface area contributed by atoms with Gasteiger partial charge in [0.15, 0.2) is 0 Å². The fourth-order valence-electron chi connectivity index (χ4n) is 2.80. The molecule has 0 bridgehead atoms. The highest BCUT2D eigenvalue weighted by atomic mass is 32.2. The highest BCUT2D eigenvalue weighted by Gasteiger charge is 2.32. The van der Waals surface area contributed by atoms with E-state index >= 15 is 0 Å². The Morgan fingerprint density at radius 2 is 1.76 bits per heavy atom. The minimum atomic E-state index is -3.45. The molecule has 1 aliphatic heterocycles. The summed E-state index contributed by atoms with van der Waals surface area (Å²) < 4.78 is 32.7. The summed E-state index contributed by atoms with van der Waals surface area (Å²) >= 11 is 0. The lowest BCUT2D eigenvalue weighted by atomic mass is 10.1. The van der Waals surface area contributed by atoms with Gasteiger partial charge in [-0.05, 0) is 51.1 Å². The zero-order valence-corrected chi connectivity index (χ0v) is 14.2.